The summed E-state index contributed by atoms with van der Waals surface area (Å²) in [6.07, 6.45) is 2.76. The molecule has 3 N–H and O–H groups in total. The van der Waals surface area contributed by atoms with Crippen molar-refractivity contribution in [3.8, 4) is 0 Å². The maximum atomic E-state index is 11.7. The zero-order chi connectivity index (χ0) is 12.9. The molecule has 1 amide bonds. The van der Waals surface area contributed by atoms with E-state index in [1.165, 1.54) is 0 Å². The lowest BCUT2D eigenvalue weighted by atomic mass is 9.69. The van der Waals surface area contributed by atoms with Crippen molar-refractivity contribution in [1.29, 1.82) is 0 Å². The predicted octanol–water partition coefficient (Wildman–Crippen LogP) is 1.57. The molecule has 96 valence electrons. The van der Waals surface area contributed by atoms with Crippen LogP contribution in [0, 0.1) is 11.8 Å². The summed E-state index contributed by atoms with van der Waals surface area (Å²) in [5.74, 6) is 0.559. The van der Waals surface area contributed by atoms with Crippen molar-refractivity contribution in [2.24, 2.45) is 22.7 Å². The molecule has 6 nitrogen and oxygen atoms in total. The topological polar surface area (TPSA) is 104 Å². The number of carbonyl (C=O) groups excluding carboxylic acids is 1. The lowest BCUT2D eigenvalue weighted by Gasteiger charge is -2.43. The monoisotopic (exact) mass is 239 g/mol. The Morgan fingerprint density at radius 1 is 1.65 bits per heavy atom. The highest BCUT2D eigenvalue weighted by Gasteiger charge is 2.44. The second kappa shape index (κ2) is 5.89. The number of nitrogens with zero attached hydrogens (tertiary/aromatic N) is 3. The van der Waals surface area contributed by atoms with Crippen LogP contribution in [0.4, 0.5) is 0 Å². The van der Waals surface area contributed by atoms with Gasteiger partial charge in [0, 0.05) is 18.0 Å². The second-order valence-corrected chi connectivity index (χ2v) is 5.00. The Bertz CT molecular complexity index is 326. The maximum Gasteiger partial charge on any atom is 0.238 e. The van der Waals surface area contributed by atoms with Gasteiger partial charge in [0.05, 0.1) is 0 Å². The van der Waals surface area contributed by atoms with Gasteiger partial charge in [0.25, 0.3) is 0 Å². The van der Waals surface area contributed by atoms with Gasteiger partial charge in [-0.15, -0.1) is 0 Å². The van der Waals surface area contributed by atoms with E-state index in [4.69, 9.17) is 11.3 Å². The third-order valence-corrected chi connectivity index (χ3v) is 3.78. The Morgan fingerprint density at radius 3 is 2.88 bits per heavy atom. The van der Waals surface area contributed by atoms with Crippen LogP contribution in [0.25, 0.3) is 10.4 Å². The fourth-order valence-electron chi connectivity index (χ4n) is 2.73. The summed E-state index contributed by atoms with van der Waals surface area (Å²) >= 11 is 0. The molecule has 1 aliphatic rings. The van der Waals surface area contributed by atoms with Gasteiger partial charge in [-0.1, -0.05) is 19.0 Å². The van der Waals surface area contributed by atoms with E-state index in [2.05, 4.69) is 29.2 Å². The molecule has 0 aliphatic heterocycles. The van der Waals surface area contributed by atoms with Crippen LogP contribution in [-0.2, 0) is 4.79 Å². The van der Waals surface area contributed by atoms with Crippen LogP contribution >= 0.6 is 0 Å². The minimum absolute atomic E-state index is 0.217. The van der Waals surface area contributed by atoms with Gasteiger partial charge in [0.1, 0.15) is 5.54 Å². The van der Waals surface area contributed by atoms with Crippen molar-refractivity contribution in [2.75, 3.05) is 13.1 Å². The van der Waals surface area contributed by atoms with Gasteiger partial charge in [0.2, 0.25) is 5.91 Å². The van der Waals surface area contributed by atoms with Gasteiger partial charge in [-0.05, 0) is 36.6 Å². The van der Waals surface area contributed by atoms with Gasteiger partial charge < -0.3 is 11.1 Å². The van der Waals surface area contributed by atoms with Crippen molar-refractivity contribution in [3.63, 3.8) is 0 Å². The summed E-state index contributed by atoms with van der Waals surface area (Å²) < 4.78 is 0. The molecular formula is C11H21N5O. The summed E-state index contributed by atoms with van der Waals surface area (Å²) in [5.41, 5.74) is 13.1. The zero-order valence-corrected chi connectivity index (χ0v) is 10.5. The van der Waals surface area contributed by atoms with Gasteiger partial charge in [-0.25, -0.2) is 0 Å². The summed E-state index contributed by atoms with van der Waals surface area (Å²) in [4.78, 5) is 14.4. The molecule has 0 saturated heterocycles. The van der Waals surface area contributed by atoms with E-state index in [1.54, 1.807) is 0 Å². The number of azide groups is 1. The molecule has 3 atom stereocenters. The Kier molecular flexibility index (Phi) is 4.78. The van der Waals surface area contributed by atoms with Crippen LogP contribution in [-0.4, -0.2) is 24.5 Å². The van der Waals surface area contributed by atoms with Crippen molar-refractivity contribution in [3.05, 3.63) is 10.4 Å². The molecule has 17 heavy (non-hydrogen) atoms. The highest BCUT2D eigenvalue weighted by atomic mass is 16.1. The minimum Gasteiger partial charge on any atom is -0.368 e. The summed E-state index contributed by atoms with van der Waals surface area (Å²) in [5, 5.41) is 6.65. The number of hydrogen-bond donors (Lipinski definition) is 2. The largest absolute Gasteiger partial charge is 0.368 e. The smallest absolute Gasteiger partial charge is 0.238 e. The van der Waals surface area contributed by atoms with Crippen LogP contribution in [0.1, 0.15) is 33.1 Å². The molecule has 0 bridgehead atoms. The van der Waals surface area contributed by atoms with Crippen molar-refractivity contribution >= 4 is 5.91 Å². The number of nitrogens with two attached hydrogens (primary N) is 1. The minimum atomic E-state index is -0.627. The standard InChI is InChI=1S/C11H21N5O/c1-8-3-4-11(10(12)17,9(2)7-8)14-5-6-15-16-13/h8-9,14H,3-7H2,1-2H3,(H2,12,17). The molecule has 0 heterocycles. The normalized spacial score (nSPS) is 32.8. The van der Waals surface area contributed by atoms with E-state index in [0.29, 0.717) is 19.0 Å². The zero-order valence-electron chi connectivity index (χ0n) is 10.5. The maximum absolute atomic E-state index is 11.7. The van der Waals surface area contributed by atoms with E-state index in [1.807, 2.05) is 0 Å². The van der Waals surface area contributed by atoms with Gasteiger partial charge in [-0.3, -0.25) is 4.79 Å². The van der Waals surface area contributed by atoms with Gasteiger partial charge >= 0.3 is 0 Å². The summed E-state index contributed by atoms with van der Waals surface area (Å²) in [7, 11) is 0. The number of rotatable bonds is 5. The quantitative estimate of drug-likeness (QED) is 0.329. The first kappa shape index (κ1) is 13.8. The van der Waals surface area contributed by atoms with E-state index < -0.39 is 5.54 Å². The van der Waals surface area contributed by atoms with Crippen molar-refractivity contribution in [1.82, 2.24) is 5.32 Å². The Balaban J connectivity index is 2.68. The van der Waals surface area contributed by atoms with Gasteiger partial charge in [-0.2, -0.15) is 0 Å². The highest BCUT2D eigenvalue weighted by Crippen LogP contribution is 2.36. The number of carbonyl (C=O) groups is 1. The number of amides is 1. The first-order valence-corrected chi connectivity index (χ1v) is 6.08. The fourth-order valence-corrected chi connectivity index (χ4v) is 2.73. The van der Waals surface area contributed by atoms with Gasteiger partial charge in [0.15, 0.2) is 0 Å². The first-order chi connectivity index (χ1) is 8.03. The Labute approximate surface area is 102 Å². The molecule has 1 fully saturated rings. The van der Waals surface area contributed by atoms with Crippen LogP contribution in [0.3, 0.4) is 0 Å². The van der Waals surface area contributed by atoms with E-state index in [9.17, 15) is 4.79 Å². The summed E-state index contributed by atoms with van der Waals surface area (Å²) in [6, 6.07) is 0. The molecule has 1 rings (SSSR count). The molecule has 0 spiro atoms. The number of nitrogens with one attached hydrogen (secondary N) is 1. The van der Waals surface area contributed by atoms with Crippen molar-refractivity contribution < 1.29 is 4.79 Å². The molecule has 0 aromatic heterocycles. The molecule has 1 aliphatic carbocycles. The average molecular weight is 239 g/mol. The van der Waals surface area contributed by atoms with Crippen LogP contribution in [0.5, 0.6) is 0 Å². The lowest BCUT2D eigenvalue weighted by molar-refractivity contribution is -0.128. The van der Waals surface area contributed by atoms with E-state index >= 15 is 0 Å². The third-order valence-electron chi connectivity index (χ3n) is 3.78. The van der Waals surface area contributed by atoms with E-state index in [-0.39, 0.29) is 11.8 Å². The van der Waals surface area contributed by atoms with Crippen LogP contribution in [0.2, 0.25) is 0 Å². The molecular weight excluding hydrogens is 218 g/mol. The molecule has 1 saturated carbocycles. The molecule has 0 aromatic carbocycles. The van der Waals surface area contributed by atoms with Crippen molar-refractivity contribution in [2.45, 2.75) is 38.6 Å². The molecule has 3 unspecified atom stereocenters. The number of primary amides is 1. The SMILES string of the molecule is CC1CCC(NCCN=[N+]=[N-])(C(N)=O)C(C)C1. The Hall–Kier alpha value is -1.26. The summed E-state index contributed by atoms with van der Waals surface area (Å²) in [6.45, 7) is 5.09. The first-order valence-electron chi connectivity index (χ1n) is 6.08. The molecule has 6 heteroatoms. The predicted molar refractivity (Wildman–Crippen MR) is 66.1 cm³/mol. The molecule has 0 radical (unpaired) electrons. The lowest BCUT2D eigenvalue weighted by Crippen LogP contribution is -2.62. The highest BCUT2D eigenvalue weighted by molar-refractivity contribution is 5.85. The molecule has 0 aromatic rings. The number of hydrogen-bond acceptors (Lipinski definition) is 3. The second-order valence-electron chi connectivity index (χ2n) is 5.00. The van der Waals surface area contributed by atoms with Crippen LogP contribution < -0.4 is 11.1 Å². The fraction of sp³-hybridized carbons (Fsp3) is 0.909. The Morgan fingerprint density at radius 2 is 2.35 bits per heavy atom. The average Bonchev–Trinajstić information content (AvgIpc) is 2.27. The third kappa shape index (κ3) is 3.11. The van der Waals surface area contributed by atoms with Crippen LogP contribution in [0.15, 0.2) is 5.11 Å². The van der Waals surface area contributed by atoms with E-state index in [0.717, 1.165) is 19.3 Å².